The van der Waals surface area contributed by atoms with Gasteiger partial charge in [-0.15, -0.1) is 11.3 Å². The van der Waals surface area contributed by atoms with E-state index in [2.05, 4.69) is 5.32 Å². The molecule has 0 unspecified atom stereocenters. The van der Waals surface area contributed by atoms with Crippen molar-refractivity contribution in [1.82, 2.24) is 9.62 Å². The maximum absolute atomic E-state index is 11.8. The lowest BCUT2D eigenvalue weighted by Gasteiger charge is -2.26. The Bertz CT molecular complexity index is 526. The molecule has 112 valence electrons. The van der Waals surface area contributed by atoms with Gasteiger partial charge in [-0.05, 0) is 30.7 Å². The summed E-state index contributed by atoms with van der Waals surface area (Å²) in [6.07, 6.45) is 2.76. The third-order valence-electron chi connectivity index (χ3n) is 3.27. The van der Waals surface area contributed by atoms with Gasteiger partial charge in [0.1, 0.15) is 0 Å². The van der Waals surface area contributed by atoms with Gasteiger partial charge in [-0.2, -0.15) is 0 Å². The Morgan fingerprint density at radius 2 is 2.25 bits per heavy atom. The Kier molecular flexibility index (Phi) is 5.56. The summed E-state index contributed by atoms with van der Waals surface area (Å²) in [6, 6.07) is 3.86. The summed E-state index contributed by atoms with van der Waals surface area (Å²) in [4.78, 5) is 12.7. The molecule has 20 heavy (non-hydrogen) atoms. The molecule has 1 aliphatic heterocycles. The largest absolute Gasteiger partial charge is 0.356 e. The van der Waals surface area contributed by atoms with Crippen molar-refractivity contribution in [3.8, 4) is 0 Å². The summed E-state index contributed by atoms with van der Waals surface area (Å²) < 4.78 is 25.1. The third-order valence-corrected chi connectivity index (χ3v) is 6.11. The number of sulfonamides is 1. The van der Waals surface area contributed by atoms with Crippen molar-refractivity contribution in [2.45, 2.75) is 25.7 Å². The van der Waals surface area contributed by atoms with E-state index in [1.54, 1.807) is 15.6 Å². The third kappa shape index (κ3) is 4.57. The highest BCUT2D eigenvalue weighted by atomic mass is 32.2. The van der Waals surface area contributed by atoms with Crippen molar-refractivity contribution in [2.75, 3.05) is 25.4 Å². The number of thiophene rings is 1. The summed E-state index contributed by atoms with van der Waals surface area (Å²) in [5, 5.41) is 4.78. The molecule has 1 N–H and O–H groups in total. The van der Waals surface area contributed by atoms with E-state index in [1.165, 1.54) is 0 Å². The van der Waals surface area contributed by atoms with E-state index < -0.39 is 10.0 Å². The smallest absolute Gasteiger partial charge is 0.225 e. The van der Waals surface area contributed by atoms with Gasteiger partial charge in [-0.1, -0.05) is 6.07 Å². The van der Waals surface area contributed by atoms with Crippen LogP contribution in [0.1, 0.15) is 24.1 Å². The van der Waals surface area contributed by atoms with Gasteiger partial charge in [-0.25, -0.2) is 12.7 Å². The van der Waals surface area contributed by atoms with Gasteiger partial charge in [-0.3, -0.25) is 4.79 Å². The highest BCUT2D eigenvalue weighted by Crippen LogP contribution is 2.13. The molecule has 0 radical (unpaired) electrons. The molecule has 5 nitrogen and oxygen atoms in total. The Morgan fingerprint density at radius 1 is 1.40 bits per heavy atom. The maximum Gasteiger partial charge on any atom is 0.225 e. The normalized spacial score (nSPS) is 18.8. The molecule has 0 spiro atoms. The van der Waals surface area contributed by atoms with Gasteiger partial charge < -0.3 is 5.32 Å². The number of hydrogen-bond donors (Lipinski definition) is 1. The second-order valence-electron chi connectivity index (χ2n) is 4.88. The lowest BCUT2D eigenvalue weighted by atomic mass is 10.3. The molecule has 1 aromatic heterocycles. The number of carbonyl (C=O) groups is 1. The lowest BCUT2D eigenvalue weighted by molar-refractivity contribution is -0.120. The molecular formula is C13H20N2O3S2. The van der Waals surface area contributed by atoms with Crippen LogP contribution in [0.4, 0.5) is 0 Å². The summed E-state index contributed by atoms with van der Waals surface area (Å²) in [5.74, 6) is 0.256. The Morgan fingerprint density at radius 3 is 2.95 bits per heavy atom. The molecule has 0 atom stereocenters. The average molecular weight is 316 g/mol. The van der Waals surface area contributed by atoms with Gasteiger partial charge in [0.05, 0.1) is 12.2 Å². The van der Waals surface area contributed by atoms with E-state index in [1.807, 2.05) is 17.5 Å². The van der Waals surface area contributed by atoms with E-state index in [4.69, 9.17) is 0 Å². The molecule has 1 aromatic rings. The molecular weight excluding hydrogens is 296 g/mol. The fraction of sp³-hybridized carbons (Fsp3) is 0.615. The lowest BCUT2D eigenvalue weighted by Crippen LogP contribution is -2.39. The molecule has 7 heteroatoms. The molecule has 0 saturated carbocycles. The van der Waals surface area contributed by atoms with Crippen LogP contribution in [0.2, 0.25) is 0 Å². The first-order valence-corrected chi connectivity index (χ1v) is 9.34. The summed E-state index contributed by atoms with van der Waals surface area (Å²) >= 11 is 1.56. The van der Waals surface area contributed by atoms with Gasteiger partial charge in [0.25, 0.3) is 0 Å². The highest BCUT2D eigenvalue weighted by Gasteiger charge is 2.24. The fourth-order valence-electron chi connectivity index (χ4n) is 2.21. The predicted octanol–water partition coefficient (Wildman–Crippen LogP) is 1.22. The van der Waals surface area contributed by atoms with Crippen LogP contribution in [0, 0.1) is 0 Å². The van der Waals surface area contributed by atoms with Gasteiger partial charge in [0.2, 0.25) is 15.9 Å². The van der Waals surface area contributed by atoms with Crippen LogP contribution in [0.25, 0.3) is 0 Å². The monoisotopic (exact) mass is 316 g/mol. The zero-order chi connectivity index (χ0) is 14.4. The Hall–Kier alpha value is -0.920. The number of amides is 1. The second kappa shape index (κ2) is 7.19. The van der Waals surface area contributed by atoms with Crippen LogP contribution < -0.4 is 5.32 Å². The predicted molar refractivity (Wildman–Crippen MR) is 80.2 cm³/mol. The quantitative estimate of drug-likeness (QED) is 0.803. The number of nitrogens with one attached hydrogen (secondary N) is 1. The first-order chi connectivity index (χ1) is 9.58. The van der Waals surface area contributed by atoms with E-state index in [0.29, 0.717) is 32.5 Å². The number of nitrogens with zero attached hydrogens (tertiary/aromatic N) is 1. The van der Waals surface area contributed by atoms with Gasteiger partial charge in [0, 0.05) is 24.5 Å². The van der Waals surface area contributed by atoms with Crippen molar-refractivity contribution in [2.24, 2.45) is 0 Å². The van der Waals surface area contributed by atoms with Crippen molar-refractivity contribution in [3.63, 3.8) is 0 Å². The van der Waals surface area contributed by atoms with Crippen molar-refractivity contribution < 1.29 is 13.2 Å². The molecule has 1 fully saturated rings. The Balaban J connectivity index is 1.65. The minimum Gasteiger partial charge on any atom is -0.356 e. The van der Waals surface area contributed by atoms with E-state index in [-0.39, 0.29) is 11.7 Å². The highest BCUT2D eigenvalue weighted by molar-refractivity contribution is 7.89. The fourth-order valence-corrected chi connectivity index (χ4v) is 4.55. The van der Waals surface area contributed by atoms with E-state index in [0.717, 1.165) is 17.7 Å². The van der Waals surface area contributed by atoms with E-state index in [9.17, 15) is 13.2 Å². The topological polar surface area (TPSA) is 66.5 Å². The molecule has 0 aliphatic carbocycles. The molecule has 0 aromatic carbocycles. The van der Waals surface area contributed by atoms with Crippen LogP contribution in [0.3, 0.4) is 0 Å². The number of hydrogen-bond acceptors (Lipinski definition) is 4. The summed E-state index contributed by atoms with van der Waals surface area (Å²) in [7, 11) is -3.04. The van der Waals surface area contributed by atoms with Crippen LogP contribution >= 0.6 is 11.3 Å². The van der Waals surface area contributed by atoms with Gasteiger partial charge in [0.15, 0.2) is 0 Å². The van der Waals surface area contributed by atoms with Gasteiger partial charge >= 0.3 is 0 Å². The molecule has 2 heterocycles. The zero-order valence-electron chi connectivity index (χ0n) is 11.4. The number of rotatable bonds is 6. The molecule has 0 bridgehead atoms. The maximum atomic E-state index is 11.8. The first kappa shape index (κ1) is 15.5. The molecule has 1 saturated heterocycles. The first-order valence-electron chi connectivity index (χ1n) is 6.85. The molecule has 2 rings (SSSR count). The molecule has 1 amide bonds. The molecule has 1 aliphatic rings. The van der Waals surface area contributed by atoms with E-state index >= 15 is 0 Å². The van der Waals surface area contributed by atoms with Crippen molar-refractivity contribution in [1.29, 1.82) is 0 Å². The standard InChI is InChI=1S/C13H20N2O3S2/c16-13(11-12-5-3-9-19-12)14-6-4-8-15-7-1-2-10-20(15,17)18/h3,5,9H,1-2,4,6-8,10-11H2,(H,14,16). The van der Waals surface area contributed by atoms with Crippen LogP contribution in [0.15, 0.2) is 17.5 Å². The van der Waals surface area contributed by atoms with Crippen LogP contribution in [-0.2, 0) is 21.2 Å². The average Bonchev–Trinajstić information content (AvgIpc) is 2.88. The van der Waals surface area contributed by atoms with Crippen LogP contribution in [-0.4, -0.2) is 44.0 Å². The van der Waals surface area contributed by atoms with Crippen molar-refractivity contribution in [3.05, 3.63) is 22.4 Å². The second-order valence-corrected chi connectivity index (χ2v) is 8.00. The summed E-state index contributed by atoms with van der Waals surface area (Å²) in [5.41, 5.74) is 0. The Labute approximate surface area is 124 Å². The minimum atomic E-state index is -3.04. The minimum absolute atomic E-state index is 0.00560. The summed E-state index contributed by atoms with van der Waals surface area (Å²) in [6.45, 7) is 1.64. The van der Waals surface area contributed by atoms with Crippen molar-refractivity contribution >= 4 is 27.3 Å². The number of carbonyl (C=O) groups excluding carboxylic acids is 1. The van der Waals surface area contributed by atoms with Crippen LogP contribution in [0.5, 0.6) is 0 Å². The zero-order valence-corrected chi connectivity index (χ0v) is 13.0. The SMILES string of the molecule is O=C(Cc1cccs1)NCCCN1CCCCS1(=O)=O.